The van der Waals surface area contributed by atoms with E-state index in [0.29, 0.717) is 32.0 Å². The number of carbonyl (C=O) groups excluding carboxylic acids is 1. The fourth-order valence-electron chi connectivity index (χ4n) is 4.71. The summed E-state index contributed by atoms with van der Waals surface area (Å²) < 4.78 is 33.4. The molecule has 1 aliphatic carbocycles. The van der Waals surface area contributed by atoms with Crippen molar-refractivity contribution >= 4 is 27.3 Å². The van der Waals surface area contributed by atoms with Gasteiger partial charge in [0, 0.05) is 32.1 Å². The lowest BCUT2D eigenvalue weighted by atomic mass is 9.88. The van der Waals surface area contributed by atoms with Crippen molar-refractivity contribution in [3.8, 4) is 0 Å². The van der Waals surface area contributed by atoms with Crippen molar-refractivity contribution in [3.63, 3.8) is 0 Å². The molecule has 2 saturated heterocycles. The Morgan fingerprint density at radius 3 is 2.30 bits per heavy atom. The second-order valence-corrected chi connectivity index (χ2v) is 10.5. The minimum absolute atomic E-state index is 0.0109. The van der Waals surface area contributed by atoms with Gasteiger partial charge >= 0.3 is 0 Å². The molecule has 1 N–H and O–H groups in total. The Balaban J connectivity index is 1.62. The van der Waals surface area contributed by atoms with Crippen LogP contribution in [0.3, 0.4) is 0 Å². The molecule has 1 amide bonds. The van der Waals surface area contributed by atoms with Gasteiger partial charge in [0.25, 0.3) is 0 Å². The van der Waals surface area contributed by atoms with Crippen molar-refractivity contribution in [2.24, 2.45) is 5.92 Å². The Bertz CT molecular complexity index is 840. The Kier molecular flexibility index (Phi) is 6.95. The molecular formula is C22H33N3O4S. The van der Waals surface area contributed by atoms with Gasteiger partial charge in [-0.3, -0.25) is 4.79 Å². The lowest BCUT2D eigenvalue weighted by Crippen LogP contribution is -2.37. The summed E-state index contributed by atoms with van der Waals surface area (Å²) in [7, 11) is -3.55. The van der Waals surface area contributed by atoms with Gasteiger partial charge < -0.3 is 15.0 Å². The highest BCUT2D eigenvalue weighted by Gasteiger charge is 2.28. The number of rotatable bonds is 5. The number of ether oxygens (including phenoxy) is 1. The van der Waals surface area contributed by atoms with E-state index in [4.69, 9.17) is 4.74 Å². The van der Waals surface area contributed by atoms with Gasteiger partial charge in [0.2, 0.25) is 15.9 Å². The van der Waals surface area contributed by atoms with E-state index in [1.54, 1.807) is 16.4 Å². The molecule has 1 aromatic carbocycles. The highest BCUT2D eigenvalue weighted by molar-refractivity contribution is 7.89. The second kappa shape index (κ2) is 9.66. The van der Waals surface area contributed by atoms with E-state index >= 15 is 0 Å². The lowest BCUT2D eigenvalue weighted by Gasteiger charge is -2.32. The van der Waals surface area contributed by atoms with Gasteiger partial charge in [-0.2, -0.15) is 4.31 Å². The van der Waals surface area contributed by atoms with E-state index in [2.05, 4.69) is 10.2 Å². The van der Waals surface area contributed by atoms with Gasteiger partial charge in [0.1, 0.15) is 0 Å². The van der Waals surface area contributed by atoms with Gasteiger partial charge in [-0.15, -0.1) is 0 Å². The van der Waals surface area contributed by atoms with Crippen molar-refractivity contribution in [1.29, 1.82) is 0 Å². The molecule has 7 nitrogen and oxygen atoms in total. The zero-order valence-electron chi connectivity index (χ0n) is 17.6. The van der Waals surface area contributed by atoms with Gasteiger partial charge in [0.15, 0.2) is 0 Å². The quantitative estimate of drug-likeness (QED) is 0.768. The summed E-state index contributed by atoms with van der Waals surface area (Å²) in [6.45, 7) is 3.84. The van der Waals surface area contributed by atoms with Crippen LogP contribution in [0.15, 0.2) is 23.1 Å². The van der Waals surface area contributed by atoms with E-state index < -0.39 is 10.0 Å². The average Bonchev–Trinajstić information content (AvgIpc) is 2.81. The zero-order chi connectivity index (χ0) is 21.0. The highest BCUT2D eigenvalue weighted by atomic mass is 32.2. The summed E-state index contributed by atoms with van der Waals surface area (Å²) in [4.78, 5) is 15.4. The Morgan fingerprint density at radius 2 is 1.60 bits per heavy atom. The van der Waals surface area contributed by atoms with Crippen LogP contribution in [-0.4, -0.2) is 58.0 Å². The Hall–Kier alpha value is -1.64. The van der Waals surface area contributed by atoms with Crippen LogP contribution in [0.25, 0.3) is 0 Å². The first-order valence-electron chi connectivity index (χ1n) is 11.3. The van der Waals surface area contributed by atoms with Crippen LogP contribution in [-0.2, 0) is 19.6 Å². The molecule has 0 radical (unpaired) electrons. The van der Waals surface area contributed by atoms with Crippen LogP contribution in [0.4, 0.5) is 11.4 Å². The molecule has 1 saturated carbocycles. The zero-order valence-corrected chi connectivity index (χ0v) is 18.5. The van der Waals surface area contributed by atoms with Crippen LogP contribution >= 0.6 is 0 Å². The van der Waals surface area contributed by atoms with E-state index in [9.17, 15) is 13.2 Å². The predicted molar refractivity (Wildman–Crippen MR) is 117 cm³/mol. The predicted octanol–water partition coefficient (Wildman–Crippen LogP) is 3.22. The normalized spacial score (nSPS) is 22.1. The molecule has 4 rings (SSSR count). The van der Waals surface area contributed by atoms with Gasteiger partial charge in [0.05, 0.1) is 29.5 Å². The molecule has 0 atom stereocenters. The molecule has 166 valence electrons. The number of nitrogens with zero attached hydrogens (tertiary/aromatic N) is 2. The van der Waals surface area contributed by atoms with Crippen molar-refractivity contribution in [1.82, 2.24) is 4.31 Å². The number of morpholine rings is 1. The molecule has 3 aliphatic rings. The minimum atomic E-state index is -3.55. The highest BCUT2D eigenvalue weighted by Crippen LogP contribution is 2.33. The van der Waals surface area contributed by atoms with E-state index in [0.717, 1.165) is 63.7 Å². The number of hydrogen-bond acceptors (Lipinski definition) is 5. The third kappa shape index (κ3) is 4.81. The van der Waals surface area contributed by atoms with Gasteiger partial charge in [-0.05, 0) is 43.9 Å². The molecule has 3 fully saturated rings. The van der Waals surface area contributed by atoms with Gasteiger partial charge in [-0.25, -0.2) is 8.42 Å². The summed E-state index contributed by atoms with van der Waals surface area (Å²) in [6, 6.07) is 5.19. The van der Waals surface area contributed by atoms with E-state index in [-0.39, 0.29) is 16.7 Å². The third-order valence-corrected chi connectivity index (χ3v) is 8.40. The molecule has 30 heavy (non-hydrogen) atoms. The van der Waals surface area contributed by atoms with Crippen LogP contribution in [0.5, 0.6) is 0 Å². The molecule has 0 spiro atoms. The largest absolute Gasteiger partial charge is 0.378 e. The van der Waals surface area contributed by atoms with Crippen LogP contribution < -0.4 is 10.2 Å². The molecule has 8 heteroatoms. The molecule has 1 aromatic rings. The number of nitrogens with one attached hydrogen (secondary N) is 1. The number of anilines is 2. The minimum Gasteiger partial charge on any atom is -0.378 e. The maximum absolute atomic E-state index is 13.2. The first kappa shape index (κ1) is 21.6. The number of amides is 1. The van der Waals surface area contributed by atoms with Crippen LogP contribution in [0.1, 0.15) is 51.4 Å². The Morgan fingerprint density at radius 1 is 0.933 bits per heavy atom. The summed E-state index contributed by atoms with van der Waals surface area (Å²) in [5.74, 6) is 0.0235. The fraction of sp³-hybridized carbons (Fsp3) is 0.682. The fourth-order valence-corrected chi connectivity index (χ4v) is 6.25. The first-order chi connectivity index (χ1) is 14.6. The van der Waals surface area contributed by atoms with Crippen molar-refractivity contribution in [3.05, 3.63) is 18.2 Å². The number of carbonyl (C=O) groups is 1. The van der Waals surface area contributed by atoms with Crippen molar-refractivity contribution in [2.45, 2.75) is 56.3 Å². The summed E-state index contributed by atoms with van der Waals surface area (Å²) in [6.07, 6.45) is 8.04. The summed E-state index contributed by atoms with van der Waals surface area (Å²) >= 11 is 0. The SMILES string of the molecule is O=C(Nc1cc(S(=O)(=O)N2CCCCC2)ccc1N1CCOCC1)C1CCCCC1. The number of piperidine rings is 1. The second-order valence-electron chi connectivity index (χ2n) is 8.57. The lowest BCUT2D eigenvalue weighted by molar-refractivity contribution is -0.120. The molecule has 2 heterocycles. The van der Waals surface area contributed by atoms with E-state index in [1.165, 1.54) is 6.42 Å². The molecule has 2 aliphatic heterocycles. The maximum atomic E-state index is 13.2. The smallest absolute Gasteiger partial charge is 0.243 e. The number of hydrogen-bond donors (Lipinski definition) is 1. The molecular weight excluding hydrogens is 402 g/mol. The number of sulfonamides is 1. The maximum Gasteiger partial charge on any atom is 0.243 e. The monoisotopic (exact) mass is 435 g/mol. The van der Waals surface area contributed by atoms with Crippen LogP contribution in [0.2, 0.25) is 0 Å². The first-order valence-corrected chi connectivity index (χ1v) is 12.8. The topological polar surface area (TPSA) is 79.0 Å². The molecule has 0 unspecified atom stereocenters. The molecule has 0 aromatic heterocycles. The van der Waals surface area contributed by atoms with Crippen molar-refractivity contribution in [2.75, 3.05) is 49.6 Å². The summed E-state index contributed by atoms with van der Waals surface area (Å²) in [5.41, 5.74) is 1.48. The summed E-state index contributed by atoms with van der Waals surface area (Å²) in [5, 5.41) is 3.09. The van der Waals surface area contributed by atoms with E-state index in [1.807, 2.05) is 6.07 Å². The van der Waals surface area contributed by atoms with Crippen LogP contribution in [0, 0.1) is 5.92 Å². The van der Waals surface area contributed by atoms with Gasteiger partial charge in [-0.1, -0.05) is 25.7 Å². The average molecular weight is 436 g/mol. The number of benzene rings is 1. The third-order valence-electron chi connectivity index (χ3n) is 6.51. The molecule has 0 bridgehead atoms. The standard InChI is InChI=1S/C22H33N3O4S/c26-22(18-7-3-1-4-8-18)23-20-17-19(30(27,28)25-11-5-2-6-12-25)9-10-21(20)24-13-15-29-16-14-24/h9-10,17-18H,1-8,11-16H2,(H,23,26). The van der Waals surface area contributed by atoms with Crippen molar-refractivity contribution < 1.29 is 17.9 Å². The Labute approximate surface area is 179 Å².